The van der Waals surface area contributed by atoms with Crippen molar-refractivity contribution in [3.8, 4) is 0 Å². The van der Waals surface area contributed by atoms with Gasteiger partial charge in [0.1, 0.15) is 5.65 Å². The van der Waals surface area contributed by atoms with Crippen LogP contribution >= 0.6 is 11.9 Å². The number of nitrogens with zero attached hydrogens (tertiary/aromatic N) is 4. The minimum Gasteiger partial charge on any atom is -0.379 e. The fourth-order valence-corrected chi connectivity index (χ4v) is 4.56. The van der Waals surface area contributed by atoms with Gasteiger partial charge < -0.3 is 10.1 Å². The molecular formula is C19H27N5O2S. The van der Waals surface area contributed by atoms with Crippen LogP contribution in [0.5, 0.6) is 0 Å². The first-order chi connectivity index (χ1) is 13.1. The molecule has 2 atom stereocenters. The Hall–Kier alpha value is -1.64. The van der Waals surface area contributed by atoms with Crippen LogP contribution in [0.25, 0.3) is 11.0 Å². The number of fused-ring (bicyclic) bond motifs is 1. The highest BCUT2D eigenvalue weighted by Crippen LogP contribution is 2.27. The van der Waals surface area contributed by atoms with Crippen LogP contribution in [0.1, 0.15) is 31.4 Å². The van der Waals surface area contributed by atoms with Gasteiger partial charge in [0.15, 0.2) is 0 Å². The second kappa shape index (κ2) is 7.77. The van der Waals surface area contributed by atoms with E-state index in [2.05, 4.69) is 27.8 Å². The molecule has 27 heavy (non-hydrogen) atoms. The van der Waals surface area contributed by atoms with E-state index in [1.807, 2.05) is 23.8 Å². The van der Waals surface area contributed by atoms with Gasteiger partial charge in [0.05, 0.1) is 19.3 Å². The molecule has 2 unspecified atom stereocenters. The number of piperidine rings is 1. The Kier molecular flexibility index (Phi) is 5.39. The molecule has 2 aliphatic rings. The molecule has 0 radical (unpaired) electrons. The standard InChI is InChI=1S/C19H27N5O2S/c1-12-8-14-9-20-19(21-15-4-6-23(27-3)7-5-15)22-17(14)24(18(12)25)16-11-26-10-13(16)2/h8-9,13,15-16H,4-7,10-11H2,1-3H3,(H,20,21,22). The normalized spacial score (nSPS) is 24.6. The summed E-state index contributed by atoms with van der Waals surface area (Å²) in [6.07, 6.45) is 6.08. The number of ether oxygens (including phenoxy) is 1. The first-order valence-corrected chi connectivity index (χ1v) is 10.8. The number of aryl methyl sites for hydroxylation is 1. The summed E-state index contributed by atoms with van der Waals surface area (Å²) in [6.45, 7) is 7.33. The van der Waals surface area contributed by atoms with Gasteiger partial charge in [-0.3, -0.25) is 13.7 Å². The van der Waals surface area contributed by atoms with Crippen LogP contribution in [-0.4, -0.2) is 57.4 Å². The smallest absolute Gasteiger partial charge is 0.255 e. The van der Waals surface area contributed by atoms with E-state index >= 15 is 0 Å². The van der Waals surface area contributed by atoms with E-state index in [0.717, 1.165) is 36.9 Å². The number of hydrogen-bond acceptors (Lipinski definition) is 7. The van der Waals surface area contributed by atoms with Crippen LogP contribution in [0.2, 0.25) is 0 Å². The van der Waals surface area contributed by atoms with Crippen molar-refractivity contribution in [3.63, 3.8) is 0 Å². The third kappa shape index (κ3) is 3.70. The lowest BCUT2D eigenvalue weighted by atomic mass is 10.1. The van der Waals surface area contributed by atoms with E-state index in [1.54, 1.807) is 11.9 Å². The molecule has 2 aromatic heterocycles. The summed E-state index contributed by atoms with van der Waals surface area (Å²) >= 11 is 1.80. The molecule has 7 nitrogen and oxygen atoms in total. The van der Waals surface area contributed by atoms with E-state index in [9.17, 15) is 4.79 Å². The van der Waals surface area contributed by atoms with Crippen LogP contribution in [0.4, 0.5) is 5.95 Å². The minimum absolute atomic E-state index is 0.0165. The maximum Gasteiger partial charge on any atom is 0.255 e. The second-order valence-electron chi connectivity index (χ2n) is 7.59. The quantitative estimate of drug-likeness (QED) is 0.805. The lowest BCUT2D eigenvalue weighted by Gasteiger charge is -2.30. The molecule has 0 bridgehead atoms. The Morgan fingerprint density at radius 3 is 2.74 bits per heavy atom. The number of hydrogen-bond donors (Lipinski definition) is 1. The summed E-state index contributed by atoms with van der Waals surface area (Å²) in [5, 5.41) is 4.37. The van der Waals surface area contributed by atoms with Crippen molar-refractivity contribution in [1.29, 1.82) is 0 Å². The molecule has 4 rings (SSSR count). The Labute approximate surface area is 163 Å². The Morgan fingerprint density at radius 1 is 1.30 bits per heavy atom. The molecule has 0 amide bonds. The predicted molar refractivity (Wildman–Crippen MR) is 109 cm³/mol. The predicted octanol–water partition coefficient (Wildman–Crippen LogP) is 2.46. The van der Waals surface area contributed by atoms with E-state index < -0.39 is 0 Å². The van der Waals surface area contributed by atoms with Crippen molar-refractivity contribution in [2.45, 2.75) is 38.8 Å². The van der Waals surface area contributed by atoms with Gasteiger partial charge in [0, 0.05) is 42.2 Å². The first-order valence-electron chi connectivity index (χ1n) is 9.59. The van der Waals surface area contributed by atoms with E-state index in [1.165, 1.54) is 0 Å². The van der Waals surface area contributed by atoms with Gasteiger partial charge in [-0.1, -0.05) is 18.9 Å². The number of rotatable bonds is 4. The summed E-state index contributed by atoms with van der Waals surface area (Å²) in [5.41, 5.74) is 1.44. The van der Waals surface area contributed by atoms with Crippen molar-refractivity contribution < 1.29 is 4.74 Å². The van der Waals surface area contributed by atoms with Crippen molar-refractivity contribution in [2.75, 3.05) is 37.9 Å². The van der Waals surface area contributed by atoms with Crippen molar-refractivity contribution in [2.24, 2.45) is 5.92 Å². The van der Waals surface area contributed by atoms with E-state index in [4.69, 9.17) is 9.72 Å². The molecule has 0 saturated carbocycles. The topological polar surface area (TPSA) is 72.3 Å². The molecule has 2 aromatic rings. The molecule has 4 heterocycles. The highest BCUT2D eigenvalue weighted by Gasteiger charge is 2.29. The average Bonchev–Trinajstić information content (AvgIpc) is 3.09. The van der Waals surface area contributed by atoms with Gasteiger partial charge in [-0.15, -0.1) is 0 Å². The van der Waals surface area contributed by atoms with Crippen LogP contribution in [0, 0.1) is 12.8 Å². The Balaban J connectivity index is 1.67. The molecular weight excluding hydrogens is 362 g/mol. The molecule has 2 saturated heterocycles. The zero-order valence-corrected chi connectivity index (χ0v) is 17.0. The maximum atomic E-state index is 12.9. The largest absolute Gasteiger partial charge is 0.379 e. The molecule has 2 fully saturated rings. The third-order valence-corrected chi connectivity index (χ3v) is 6.54. The molecule has 8 heteroatoms. The fourth-order valence-electron chi connectivity index (χ4n) is 3.98. The summed E-state index contributed by atoms with van der Waals surface area (Å²) in [5.74, 6) is 0.892. The van der Waals surface area contributed by atoms with E-state index in [-0.39, 0.29) is 17.5 Å². The zero-order chi connectivity index (χ0) is 19.0. The molecule has 2 aliphatic heterocycles. The molecule has 0 aliphatic carbocycles. The van der Waals surface area contributed by atoms with Gasteiger partial charge in [-0.2, -0.15) is 4.98 Å². The highest BCUT2D eigenvalue weighted by atomic mass is 32.2. The summed E-state index contributed by atoms with van der Waals surface area (Å²) in [6, 6.07) is 2.27. The number of nitrogens with one attached hydrogen (secondary N) is 1. The fraction of sp³-hybridized carbons (Fsp3) is 0.632. The maximum absolute atomic E-state index is 12.9. The molecule has 146 valence electrons. The van der Waals surface area contributed by atoms with Gasteiger partial charge in [-0.25, -0.2) is 4.98 Å². The molecule has 0 spiro atoms. The monoisotopic (exact) mass is 389 g/mol. The number of anilines is 1. The number of pyridine rings is 1. The zero-order valence-electron chi connectivity index (χ0n) is 16.1. The van der Waals surface area contributed by atoms with Crippen LogP contribution < -0.4 is 10.9 Å². The highest BCUT2D eigenvalue weighted by molar-refractivity contribution is 7.96. The minimum atomic E-state index is 0.0165. The Bertz CT molecular complexity index is 878. The van der Waals surface area contributed by atoms with Crippen molar-refractivity contribution in [3.05, 3.63) is 28.2 Å². The summed E-state index contributed by atoms with van der Waals surface area (Å²) in [7, 11) is 0. The van der Waals surface area contributed by atoms with Gasteiger partial charge in [0.25, 0.3) is 5.56 Å². The summed E-state index contributed by atoms with van der Waals surface area (Å²) < 4.78 is 9.82. The lowest BCUT2D eigenvalue weighted by molar-refractivity contribution is 0.182. The summed E-state index contributed by atoms with van der Waals surface area (Å²) in [4.78, 5) is 22.2. The average molecular weight is 390 g/mol. The van der Waals surface area contributed by atoms with Crippen LogP contribution in [0.3, 0.4) is 0 Å². The molecule has 1 N–H and O–H groups in total. The molecule has 0 aromatic carbocycles. The Morgan fingerprint density at radius 2 is 2.07 bits per heavy atom. The van der Waals surface area contributed by atoms with E-state index in [0.29, 0.717) is 30.9 Å². The van der Waals surface area contributed by atoms with Crippen molar-refractivity contribution >= 4 is 28.9 Å². The third-order valence-electron chi connectivity index (χ3n) is 5.66. The lowest BCUT2D eigenvalue weighted by Crippen LogP contribution is -2.36. The number of aromatic nitrogens is 3. The van der Waals surface area contributed by atoms with Crippen LogP contribution in [-0.2, 0) is 4.74 Å². The first kappa shape index (κ1) is 18.7. The van der Waals surface area contributed by atoms with Gasteiger partial charge >= 0.3 is 0 Å². The van der Waals surface area contributed by atoms with Gasteiger partial charge in [0.2, 0.25) is 5.95 Å². The van der Waals surface area contributed by atoms with Crippen molar-refractivity contribution in [1.82, 2.24) is 18.8 Å². The second-order valence-corrected chi connectivity index (χ2v) is 8.47. The SMILES string of the molecule is CSN1CCC(Nc2ncc3cc(C)c(=O)n(C4COCC4C)c3n2)CC1. The van der Waals surface area contributed by atoms with Crippen LogP contribution in [0.15, 0.2) is 17.1 Å². The van der Waals surface area contributed by atoms with Gasteiger partial charge in [-0.05, 0) is 32.1 Å².